The van der Waals surface area contributed by atoms with E-state index in [1.807, 2.05) is 24.3 Å². The molecule has 2 N–H and O–H groups in total. The minimum atomic E-state index is 0.578. The number of nitrogens with zero attached hydrogens (tertiary/aromatic N) is 2. The largest absolute Gasteiger partial charge is 0.399 e. The third kappa shape index (κ3) is 5.93. The number of hydrogen-bond acceptors (Lipinski definition) is 4. The molecule has 4 rings (SSSR count). The number of piperazine rings is 1. The second-order valence-corrected chi connectivity index (χ2v) is 10.7. The molecular formula is C29H37N3S. The van der Waals surface area contributed by atoms with Crippen molar-refractivity contribution in [1.82, 2.24) is 4.90 Å². The highest BCUT2D eigenvalue weighted by atomic mass is 32.2. The fourth-order valence-electron chi connectivity index (χ4n) is 4.95. The minimum absolute atomic E-state index is 0.578. The summed E-state index contributed by atoms with van der Waals surface area (Å²) < 4.78 is 0. The molecule has 1 saturated heterocycles. The third-order valence-electron chi connectivity index (χ3n) is 7.19. The van der Waals surface area contributed by atoms with E-state index in [9.17, 15) is 0 Å². The fourth-order valence-corrected chi connectivity index (χ4v) is 5.75. The standard InChI is InChI=1S/C29H37N3S/c1-21-5-13-28(14-6-21)31-17-19-32(20-18-31)29-15-11-27(12-16-29)24(4)33-23(3)26-9-7-25(8-10-26)22(2)30/h7-12,15-16,21,28H,2-6,13-14,17-20,30H2,1H3. The highest BCUT2D eigenvalue weighted by molar-refractivity contribution is 8.16. The van der Waals surface area contributed by atoms with E-state index in [0.29, 0.717) is 5.70 Å². The lowest BCUT2D eigenvalue weighted by molar-refractivity contribution is 0.133. The highest BCUT2D eigenvalue weighted by Gasteiger charge is 2.27. The van der Waals surface area contributed by atoms with Crippen molar-refractivity contribution >= 4 is 33.0 Å². The Kier molecular flexibility index (Phi) is 7.67. The second-order valence-electron chi connectivity index (χ2n) is 9.53. The van der Waals surface area contributed by atoms with Crippen molar-refractivity contribution < 1.29 is 0 Å². The zero-order valence-corrected chi connectivity index (χ0v) is 20.7. The molecule has 0 unspecified atom stereocenters. The summed E-state index contributed by atoms with van der Waals surface area (Å²) in [7, 11) is 0. The van der Waals surface area contributed by atoms with Crippen molar-refractivity contribution in [3.63, 3.8) is 0 Å². The Balaban J connectivity index is 1.29. The molecule has 0 bridgehead atoms. The number of thioether (sulfide) groups is 1. The number of rotatable bonds is 7. The van der Waals surface area contributed by atoms with Gasteiger partial charge in [-0.25, -0.2) is 0 Å². The molecule has 0 amide bonds. The average Bonchev–Trinajstić information content (AvgIpc) is 2.85. The molecule has 4 heteroatoms. The molecule has 3 nitrogen and oxygen atoms in total. The van der Waals surface area contributed by atoms with Crippen LogP contribution in [0.2, 0.25) is 0 Å². The van der Waals surface area contributed by atoms with Crippen molar-refractivity contribution in [3.8, 4) is 0 Å². The fraction of sp³-hybridized carbons (Fsp3) is 0.379. The van der Waals surface area contributed by atoms with Crippen LogP contribution < -0.4 is 10.6 Å². The zero-order valence-electron chi connectivity index (χ0n) is 19.9. The number of nitrogens with two attached hydrogens (primary N) is 1. The Hall–Kier alpha value is -2.43. The molecule has 1 aliphatic carbocycles. The first-order chi connectivity index (χ1) is 15.9. The van der Waals surface area contributed by atoms with E-state index in [-0.39, 0.29) is 0 Å². The monoisotopic (exact) mass is 459 g/mol. The summed E-state index contributed by atoms with van der Waals surface area (Å²) in [6, 6.07) is 17.7. The lowest BCUT2D eigenvalue weighted by atomic mass is 9.86. The van der Waals surface area contributed by atoms with E-state index in [1.165, 1.54) is 44.5 Å². The molecule has 33 heavy (non-hydrogen) atoms. The van der Waals surface area contributed by atoms with Gasteiger partial charge in [-0.1, -0.05) is 74.8 Å². The second kappa shape index (κ2) is 10.7. The molecule has 0 radical (unpaired) electrons. The minimum Gasteiger partial charge on any atom is -0.399 e. The van der Waals surface area contributed by atoms with Crippen LogP contribution in [0.3, 0.4) is 0 Å². The molecule has 1 aliphatic heterocycles. The predicted molar refractivity (Wildman–Crippen MR) is 147 cm³/mol. The van der Waals surface area contributed by atoms with Crippen LogP contribution in [0.4, 0.5) is 5.69 Å². The van der Waals surface area contributed by atoms with Gasteiger partial charge in [0.15, 0.2) is 0 Å². The lowest BCUT2D eigenvalue weighted by Gasteiger charge is -2.42. The Labute approximate surface area is 204 Å². The Morgan fingerprint density at radius 1 is 0.758 bits per heavy atom. The number of hydrogen-bond donors (Lipinski definition) is 1. The van der Waals surface area contributed by atoms with Gasteiger partial charge < -0.3 is 10.6 Å². The molecule has 174 valence electrons. The van der Waals surface area contributed by atoms with Crippen LogP contribution in [-0.4, -0.2) is 37.1 Å². The van der Waals surface area contributed by atoms with Gasteiger partial charge >= 0.3 is 0 Å². The molecule has 2 aromatic rings. The summed E-state index contributed by atoms with van der Waals surface area (Å²) in [6.07, 6.45) is 5.56. The van der Waals surface area contributed by atoms with Crippen LogP contribution in [0.1, 0.15) is 49.3 Å². The lowest BCUT2D eigenvalue weighted by Crippen LogP contribution is -2.51. The summed E-state index contributed by atoms with van der Waals surface area (Å²) in [6.45, 7) is 19.3. The van der Waals surface area contributed by atoms with Crippen molar-refractivity contribution in [3.05, 3.63) is 85.0 Å². The smallest absolute Gasteiger partial charge is 0.0367 e. The van der Waals surface area contributed by atoms with Gasteiger partial charge in [0.2, 0.25) is 0 Å². The van der Waals surface area contributed by atoms with Gasteiger partial charge in [0.25, 0.3) is 0 Å². The Morgan fingerprint density at radius 2 is 1.24 bits per heavy atom. The molecule has 1 saturated carbocycles. The van der Waals surface area contributed by atoms with Gasteiger partial charge in [-0.3, -0.25) is 4.90 Å². The van der Waals surface area contributed by atoms with E-state index < -0.39 is 0 Å². The number of benzene rings is 2. The number of anilines is 1. The van der Waals surface area contributed by atoms with Crippen LogP contribution in [0.5, 0.6) is 0 Å². The van der Waals surface area contributed by atoms with E-state index in [0.717, 1.165) is 51.5 Å². The van der Waals surface area contributed by atoms with Gasteiger partial charge in [0.05, 0.1) is 0 Å². The van der Waals surface area contributed by atoms with Crippen molar-refractivity contribution in [2.75, 3.05) is 31.1 Å². The molecule has 0 spiro atoms. The topological polar surface area (TPSA) is 32.5 Å². The Bertz CT molecular complexity index is 977. The molecule has 2 aromatic carbocycles. The van der Waals surface area contributed by atoms with Crippen molar-refractivity contribution in [1.29, 1.82) is 0 Å². The van der Waals surface area contributed by atoms with Crippen LogP contribution in [0.15, 0.2) is 68.3 Å². The van der Waals surface area contributed by atoms with Gasteiger partial charge in [0, 0.05) is 53.4 Å². The zero-order chi connectivity index (χ0) is 23.4. The highest BCUT2D eigenvalue weighted by Crippen LogP contribution is 2.37. The van der Waals surface area contributed by atoms with E-state index >= 15 is 0 Å². The summed E-state index contributed by atoms with van der Waals surface area (Å²) >= 11 is 1.61. The molecule has 0 aromatic heterocycles. The van der Waals surface area contributed by atoms with Crippen LogP contribution in [0.25, 0.3) is 15.5 Å². The van der Waals surface area contributed by atoms with E-state index in [4.69, 9.17) is 5.73 Å². The molecule has 0 atom stereocenters. The van der Waals surface area contributed by atoms with Crippen molar-refractivity contribution in [2.45, 2.75) is 38.6 Å². The Morgan fingerprint density at radius 3 is 1.76 bits per heavy atom. The predicted octanol–water partition coefficient (Wildman–Crippen LogP) is 6.69. The van der Waals surface area contributed by atoms with Crippen LogP contribution in [0, 0.1) is 5.92 Å². The normalized spacial score (nSPS) is 21.5. The summed E-state index contributed by atoms with van der Waals surface area (Å²) in [5, 5.41) is 0. The van der Waals surface area contributed by atoms with Gasteiger partial charge in [-0.05, 0) is 60.4 Å². The van der Waals surface area contributed by atoms with Crippen LogP contribution in [-0.2, 0) is 0 Å². The van der Waals surface area contributed by atoms with Crippen molar-refractivity contribution in [2.24, 2.45) is 11.7 Å². The quantitative estimate of drug-likeness (QED) is 0.500. The molecule has 2 aliphatic rings. The molecular weight excluding hydrogens is 422 g/mol. The summed E-state index contributed by atoms with van der Waals surface area (Å²) in [4.78, 5) is 7.24. The summed E-state index contributed by atoms with van der Waals surface area (Å²) in [5.41, 5.74) is 10.8. The first-order valence-corrected chi connectivity index (χ1v) is 12.9. The van der Waals surface area contributed by atoms with Crippen LogP contribution >= 0.6 is 11.8 Å². The molecule has 2 fully saturated rings. The molecule has 1 heterocycles. The average molecular weight is 460 g/mol. The SMILES string of the molecule is C=C(N)c1ccc(C(=C)SC(=C)c2ccc(N3CCN(C4CCC(C)CC4)CC3)cc2)cc1. The van der Waals surface area contributed by atoms with Gasteiger partial charge in [0.1, 0.15) is 0 Å². The summed E-state index contributed by atoms with van der Waals surface area (Å²) in [5.74, 6) is 0.920. The maximum atomic E-state index is 5.77. The van der Waals surface area contributed by atoms with E-state index in [1.54, 1.807) is 11.8 Å². The van der Waals surface area contributed by atoms with E-state index in [2.05, 4.69) is 60.7 Å². The van der Waals surface area contributed by atoms with Gasteiger partial charge in [-0.2, -0.15) is 0 Å². The first kappa shape index (κ1) is 23.7. The first-order valence-electron chi connectivity index (χ1n) is 12.1. The van der Waals surface area contributed by atoms with Gasteiger partial charge in [-0.15, -0.1) is 0 Å². The third-order valence-corrected chi connectivity index (χ3v) is 8.16. The maximum absolute atomic E-state index is 5.77. The maximum Gasteiger partial charge on any atom is 0.0367 e.